The second-order valence-corrected chi connectivity index (χ2v) is 6.41. The molecule has 0 atom stereocenters. The molecule has 1 fully saturated rings. The van der Waals surface area contributed by atoms with Crippen molar-refractivity contribution in [2.75, 3.05) is 26.2 Å². The van der Waals surface area contributed by atoms with Crippen LogP contribution in [0.1, 0.15) is 27.9 Å². The molecule has 0 bridgehead atoms. The summed E-state index contributed by atoms with van der Waals surface area (Å²) < 4.78 is 13.3. The maximum atomic E-state index is 13.3. The SMILES string of the molecule is O=C(c1cccc(F)c1)N1CCCN(Cc2ccc(CO)cc2)CC1. The van der Waals surface area contributed by atoms with Crippen molar-refractivity contribution < 1.29 is 14.3 Å². The van der Waals surface area contributed by atoms with E-state index in [0.29, 0.717) is 18.7 Å². The molecule has 1 N–H and O–H groups in total. The van der Waals surface area contributed by atoms with Gasteiger partial charge in [0.05, 0.1) is 6.61 Å². The van der Waals surface area contributed by atoms with Gasteiger partial charge >= 0.3 is 0 Å². The fraction of sp³-hybridized carbons (Fsp3) is 0.350. The number of aliphatic hydroxyl groups excluding tert-OH is 1. The molecule has 0 unspecified atom stereocenters. The quantitative estimate of drug-likeness (QED) is 0.929. The number of hydrogen-bond acceptors (Lipinski definition) is 3. The Morgan fingerprint density at radius 3 is 2.48 bits per heavy atom. The van der Waals surface area contributed by atoms with Crippen LogP contribution >= 0.6 is 0 Å². The van der Waals surface area contributed by atoms with Gasteiger partial charge in [-0.15, -0.1) is 0 Å². The molecule has 132 valence electrons. The lowest BCUT2D eigenvalue weighted by Gasteiger charge is -2.22. The molecule has 4 nitrogen and oxygen atoms in total. The summed E-state index contributed by atoms with van der Waals surface area (Å²) in [6.45, 7) is 3.94. The van der Waals surface area contributed by atoms with Crippen LogP contribution in [0, 0.1) is 5.82 Å². The summed E-state index contributed by atoms with van der Waals surface area (Å²) in [7, 11) is 0. The van der Waals surface area contributed by atoms with Gasteiger partial charge in [-0.3, -0.25) is 9.69 Å². The molecular formula is C20H23FN2O2. The Hall–Kier alpha value is -2.24. The van der Waals surface area contributed by atoms with Gasteiger partial charge in [0, 0.05) is 38.3 Å². The largest absolute Gasteiger partial charge is 0.392 e. The summed E-state index contributed by atoms with van der Waals surface area (Å²) in [5.41, 5.74) is 2.52. The minimum absolute atomic E-state index is 0.0567. The minimum atomic E-state index is -0.381. The van der Waals surface area contributed by atoms with E-state index in [1.54, 1.807) is 12.1 Å². The van der Waals surface area contributed by atoms with E-state index in [1.165, 1.54) is 17.7 Å². The van der Waals surface area contributed by atoms with Crippen LogP contribution in [0.15, 0.2) is 48.5 Å². The Labute approximate surface area is 147 Å². The van der Waals surface area contributed by atoms with Gasteiger partial charge in [0.2, 0.25) is 0 Å². The molecule has 25 heavy (non-hydrogen) atoms. The number of rotatable bonds is 4. The van der Waals surface area contributed by atoms with Crippen molar-refractivity contribution >= 4 is 5.91 Å². The lowest BCUT2D eigenvalue weighted by atomic mass is 10.1. The zero-order valence-electron chi connectivity index (χ0n) is 14.2. The topological polar surface area (TPSA) is 43.8 Å². The standard InChI is InChI=1S/C20H23FN2O2/c21-19-4-1-3-18(13-19)20(25)23-10-2-9-22(11-12-23)14-16-5-7-17(15-24)8-6-16/h1,3-8,13,24H,2,9-12,14-15H2. The van der Waals surface area contributed by atoms with Gasteiger partial charge in [-0.2, -0.15) is 0 Å². The van der Waals surface area contributed by atoms with E-state index in [-0.39, 0.29) is 18.3 Å². The highest BCUT2D eigenvalue weighted by molar-refractivity contribution is 5.94. The van der Waals surface area contributed by atoms with Gasteiger partial charge < -0.3 is 10.0 Å². The molecule has 1 amide bonds. The summed E-state index contributed by atoms with van der Waals surface area (Å²) in [4.78, 5) is 16.7. The number of carbonyl (C=O) groups excluding carboxylic acids is 1. The Kier molecular flexibility index (Phi) is 5.79. The van der Waals surface area contributed by atoms with Crippen molar-refractivity contribution in [1.29, 1.82) is 0 Å². The fourth-order valence-corrected chi connectivity index (χ4v) is 3.14. The second kappa shape index (κ2) is 8.23. The molecule has 3 rings (SSSR count). The molecule has 0 aromatic heterocycles. The molecule has 1 saturated heterocycles. The fourth-order valence-electron chi connectivity index (χ4n) is 3.14. The van der Waals surface area contributed by atoms with E-state index in [2.05, 4.69) is 4.90 Å². The van der Waals surface area contributed by atoms with Crippen LogP contribution in [0.25, 0.3) is 0 Å². The van der Waals surface area contributed by atoms with Crippen LogP contribution in [0.5, 0.6) is 0 Å². The second-order valence-electron chi connectivity index (χ2n) is 6.41. The Morgan fingerprint density at radius 1 is 1.00 bits per heavy atom. The molecule has 1 heterocycles. The average molecular weight is 342 g/mol. The molecule has 0 saturated carbocycles. The first kappa shape index (κ1) is 17.6. The van der Waals surface area contributed by atoms with Crippen molar-refractivity contribution in [3.8, 4) is 0 Å². The molecule has 5 heteroatoms. The van der Waals surface area contributed by atoms with Crippen molar-refractivity contribution in [3.63, 3.8) is 0 Å². The van der Waals surface area contributed by atoms with Crippen molar-refractivity contribution in [3.05, 3.63) is 71.0 Å². The van der Waals surface area contributed by atoms with Crippen LogP contribution < -0.4 is 0 Å². The first-order chi connectivity index (χ1) is 12.2. The number of hydrogen-bond donors (Lipinski definition) is 1. The number of nitrogens with zero attached hydrogens (tertiary/aromatic N) is 2. The summed E-state index contributed by atoms with van der Waals surface area (Å²) in [6, 6.07) is 13.8. The third kappa shape index (κ3) is 4.65. The molecule has 2 aromatic rings. The first-order valence-electron chi connectivity index (χ1n) is 8.61. The molecule has 0 aliphatic carbocycles. The highest BCUT2D eigenvalue weighted by atomic mass is 19.1. The lowest BCUT2D eigenvalue weighted by molar-refractivity contribution is 0.0760. The van der Waals surface area contributed by atoms with E-state index in [9.17, 15) is 9.18 Å². The van der Waals surface area contributed by atoms with Gasteiger partial charge in [0.1, 0.15) is 5.82 Å². The van der Waals surface area contributed by atoms with Crippen LogP contribution in [0.2, 0.25) is 0 Å². The van der Waals surface area contributed by atoms with Crippen molar-refractivity contribution in [2.45, 2.75) is 19.6 Å². The van der Waals surface area contributed by atoms with Gasteiger partial charge in [0.15, 0.2) is 0 Å². The van der Waals surface area contributed by atoms with Crippen LogP contribution in [0.4, 0.5) is 4.39 Å². The zero-order chi connectivity index (χ0) is 17.6. The number of halogens is 1. The third-order valence-electron chi connectivity index (χ3n) is 4.56. The maximum absolute atomic E-state index is 13.3. The smallest absolute Gasteiger partial charge is 0.254 e. The summed E-state index contributed by atoms with van der Waals surface area (Å²) in [5.74, 6) is -0.484. The Balaban J connectivity index is 1.59. The molecule has 1 aliphatic heterocycles. The Bertz CT molecular complexity index is 718. The predicted molar refractivity (Wildman–Crippen MR) is 94.6 cm³/mol. The normalized spacial score (nSPS) is 15.8. The minimum Gasteiger partial charge on any atom is -0.392 e. The molecule has 0 radical (unpaired) electrons. The number of amides is 1. The van der Waals surface area contributed by atoms with Crippen LogP contribution in [-0.4, -0.2) is 47.0 Å². The number of carbonyl (C=O) groups is 1. The first-order valence-corrected chi connectivity index (χ1v) is 8.61. The molecular weight excluding hydrogens is 319 g/mol. The van der Waals surface area contributed by atoms with Gasteiger partial charge in [-0.25, -0.2) is 4.39 Å². The molecule has 1 aliphatic rings. The van der Waals surface area contributed by atoms with E-state index in [4.69, 9.17) is 5.11 Å². The predicted octanol–water partition coefficient (Wildman–Crippen LogP) is 2.67. The van der Waals surface area contributed by atoms with E-state index in [0.717, 1.165) is 31.6 Å². The van der Waals surface area contributed by atoms with E-state index < -0.39 is 0 Å². The van der Waals surface area contributed by atoms with E-state index in [1.807, 2.05) is 29.2 Å². The molecule has 2 aromatic carbocycles. The Morgan fingerprint density at radius 2 is 1.76 bits per heavy atom. The lowest BCUT2D eigenvalue weighted by Crippen LogP contribution is -2.35. The molecule has 0 spiro atoms. The van der Waals surface area contributed by atoms with Crippen LogP contribution in [-0.2, 0) is 13.2 Å². The van der Waals surface area contributed by atoms with E-state index >= 15 is 0 Å². The summed E-state index contributed by atoms with van der Waals surface area (Å²) in [6.07, 6.45) is 0.899. The number of aliphatic hydroxyl groups is 1. The zero-order valence-corrected chi connectivity index (χ0v) is 14.2. The third-order valence-corrected chi connectivity index (χ3v) is 4.56. The number of benzene rings is 2. The van der Waals surface area contributed by atoms with Gasteiger partial charge in [-0.1, -0.05) is 30.3 Å². The highest BCUT2D eigenvalue weighted by Gasteiger charge is 2.20. The highest BCUT2D eigenvalue weighted by Crippen LogP contribution is 2.13. The van der Waals surface area contributed by atoms with Crippen molar-refractivity contribution in [2.24, 2.45) is 0 Å². The van der Waals surface area contributed by atoms with Crippen molar-refractivity contribution in [1.82, 2.24) is 9.80 Å². The summed E-state index contributed by atoms with van der Waals surface area (Å²) >= 11 is 0. The average Bonchev–Trinajstić information content (AvgIpc) is 2.87. The van der Waals surface area contributed by atoms with Gasteiger partial charge in [0.25, 0.3) is 5.91 Å². The van der Waals surface area contributed by atoms with Gasteiger partial charge in [-0.05, 0) is 35.7 Å². The maximum Gasteiger partial charge on any atom is 0.254 e. The van der Waals surface area contributed by atoms with Crippen LogP contribution in [0.3, 0.4) is 0 Å². The monoisotopic (exact) mass is 342 g/mol. The summed E-state index contributed by atoms with van der Waals surface area (Å²) in [5, 5.41) is 9.11.